The summed E-state index contributed by atoms with van der Waals surface area (Å²) in [7, 11) is 1.40. The zero-order chi connectivity index (χ0) is 18.5. The van der Waals surface area contributed by atoms with E-state index in [1.165, 1.54) is 52.1 Å². The first-order chi connectivity index (χ1) is 12.1. The first kappa shape index (κ1) is 21.9. The molecule has 1 aromatic heterocycles. The van der Waals surface area contributed by atoms with Gasteiger partial charge in [-0.25, -0.2) is 4.79 Å². The van der Waals surface area contributed by atoms with Crippen LogP contribution in [0.2, 0.25) is 0 Å². The molecule has 0 saturated carbocycles. The van der Waals surface area contributed by atoms with E-state index in [2.05, 4.69) is 24.5 Å². The van der Waals surface area contributed by atoms with Gasteiger partial charge in [-0.05, 0) is 31.1 Å². The maximum absolute atomic E-state index is 11.9. The number of ether oxygens (including phenoxy) is 1. The maximum atomic E-state index is 11.9. The molecule has 0 radical (unpaired) electrons. The highest BCUT2D eigenvalue weighted by Crippen LogP contribution is 2.29. The van der Waals surface area contributed by atoms with Crippen molar-refractivity contribution in [2.75, 3.05) is 19.0 Å². The molecule has 0 atom stereocenters. The van der Waals surface area contributed by atoms with Crippen molar-refractivity contribution in [2.24, 2.45) is 0 Å². The van der Waals surface area contributed by atoms with Crippen molar-refractivity contribution in [1.29, 1.82) is 0 Å². The summed E-state index contributed by atoms with van der Waals surface area (Å²) in [5.74, 6) is -0.329. The van der Waals surface area contributed by atoms with Gasteiger partial charge < -0.3 is 15.4 Å². The largest absolute Gasteiger partial charge is 0.465 e. The normalized spacial score (nSPS) is 10.5. The van der Waals surface area contributed by atoms with E-state index in [1.807, 2.05) is 6.07 Å². The van der Waals surface area contributed by atoms with Gasteiger partial charge in [0.15, 0.2) is 5.11 Å². The van der Waals surface area contributed by atoms with E-state index in [4.69, 9.17) is 17.0 Å². The Morgan fingerprint density at radius 1 is 1.12 bits per heavy atom. The molecule has 0 aliphatic heterocycles. The van der Waals surface area contributed by atoms with E-state index in [9.17, 15) is 4.79 Å². The van der Waals surface area contributed by atoms with E-state index in [1.54, 1.807) is 11.3 Å². The van der Waals surface area contributed by atoms with Crippen molar-refractivity contribution < 1.29 is 9.53 Å². The van der Waals surface area contributed by atoms with Gasteiger partial charge in [-0.15, -0.1) is 11.3 Å². The number of thiocarbonyl (C=S) groups is 1. The Morgan fingerprint density at radius 2 is 1.76 bits per heavy atom. The van der Waals surface area contributed by atoms with Gasteiger partial charge in [0.05, 0.1) is 12.7 Å². The second kappa shape index (κ2) is 13.1. The molecule has 2 N–H and O–H groups in total. The molecule has 0 aliphatic carbocycles. The lowest BCUT2D eigenvalue weighted by atomic mass is 10.1. The summed E-state index contributed by atoms with van der Waals surface area (Å²) < 4.78 is 4.84. The monoisotopic (exact) mass is 384 g/mol. The van der Waals surface area contributed by atoms with Crippen LogP contribution < -0.4 is 10.6 Å². The molecule has 0 spiro atoms. The Bertz CT molecular complexity index is 529. The van der Waals surface area contributed by atoms with Gasteiger partial charge in [-0.1, -0.05) is 58.8 Å². The summed E-state index contributed by atoms with van der Waals surface area (Å²) in [5, 5.41) is 7.70. The number of hydrogen-bond donors (Lipinski definition) is 2. The number of unbranched alkanes of at least 4 members (excludes halogenated alkanes) is 7. The van der Waals surface area contributed by atoms with Crippen LogP contribution in [-0.4, -0.2) is 24.7 Å². The standard InChI is InChI=1S/C19H32N2O2S2/c1-4-6-7-8-9-10-11-12-13-20-19(24)21-17-16(18(22)23-3)14-15(5-2)25-17/h14H,4-13H2,1-3H3,(H2,20,21,24). The van der Waals surface area contributed by atoms with Gasteiger partial charge in [0, 0.05) is 11.4 Å². The molecule has 0 unspecified atom stereocenters. The minimum absolute atomic E-state index is 0.329. The van der Waals surface area contributed by atoms with E-state index in [0.717, 1.165) is 29.3 Å². The lowest BCUT2D eigenvalue weighted by Crippen LogP contribution is -2.29. The second-order valence-electron chi connectivity index (χ2n) is 6.16. The van der Waals surface area contributed by atoms with Gasteiger partial charge >= 0.3 is 5.97 Å². The fourth-order valence-electron chi connectivity index (χ4n) is 2.58. The van der Waals surface area contributed by atoms with Gasteiger partial charge in [-0.2, -0.15) is 0 Å². The first-order valence-corrected chi connectivity index (χ1v) is 10.6. The van der Waals surface area contributed by atoms with Crippen molar-refractivity contribution in [3.8, 4) is 0 Å². The van der Waals surface area contributed by atoms with Crippen LogP contribution in [0.5, 0.6) is 0 Å². The molecule has 4 nitrogen and oxygen atoms in total. The zero-order valence-corrected chi connectivity index (χ0v) is 17.4. The van der Waals surface area contributed by atoms with E-state index < -0.39 is 0 Å². The highest BCUT2D eigenvalue weighted by molar-refractivity contribution is 7.80. The van der Waals surface area contributed by atoms with Gasteiger partial charge in [0.1, 0.15) is 5.00 Å². The molecular weight excluding hydrogens is 352 g/mol. The molecule has 6 heteroatoms. The van der Waals surface area contributed by atoms with Crippen molar-refractivity contribution >= 4 is 39.6 Å². The number of methoxy groups -OCH3 is 1. The number of hydrogen-bond acceptors (Lipinski definition) is 4. The molecule has 0 bridgehead atoms. The van der Waals surface area contributed by atoms with E-state index in [0.29, 0.717) is 10.7 Å². The Labute approximate surface area is 161 Å². The molecule has 142 valence electrons. The number of carbonyl (C=O) groups excluding carboxylic acids is 1. The zero-order valence-electron chi connectivity index (χ0n) is 15.8. The van der Waals surface area contributed by atoms with Crippen LogP contribution in [0.15, 0.2) is 6.07 Å². The third kappa shape index (κ3) is 8.68. The fourth-order valence-corrected chi connectivity index (χ4v) is 3.84. The molecule has 1 aromatic rings. The Hall–Kier alpha value is -1.14. The molecule has 0 aliphatic rings. The maximum Gasteiger partial charge on any atom is 0.340 e. The Balaban J connectivity index is 2.26. The Morgan fingerprint density at radius 3 is 2.36 bits per heavy atom. The second-order valence-corrected chi connectivity index (χ2v) is 7.70. The number of anilines is 1. The summed E-state index contributed by atoms with van der Waals surface area (Å²) in [4.78, 5) is 13.0. The minimum atomic E-state index is -0.329. The summed E-state index contributed by atoms with van der Waals surface area (Å²) in [6.07, 6.45) is 11.2. The lowest BCUT2D eigenvalue weighted by Gasteiger charge is -2.10. The third-order valence-corrected chi connectivity index (χ3v) is 5.52. The highest BCUT2D eigenvalue weighted by Gasteiger charge is 2.16. The van der Waals surface area contributed by atoms with Gasteiger partial charge in [0.2, 0.25) is 0 Å². The topological polar surface area (TPSA) is 50.4 Å². The van der Waals surface area contributed by atoms with Crippen molar-refractivity contribution in [3.05, 3.63) is 16.5 Å². The fraction of sp³-hybridized carbons (Fsp3) is 0.684. The summed E-state index contributed by atoms with van der Waals surface area (Å²) >= 11 is 6.89. The quantitative estimate of drug-likeness (QED) is 0.282. The number of thiophene rings is 1. The van der Waals surface area contributed by atoms with Crippen LogP contribution >= 0.6 is 23.6 Å². The molecule has 0 amide bonds. The van der Waals surface area contributed by atoms with Crippen LogP contribution in [0.4, 0.5) is 5.00 Å². The van der Waals surface area contributed by atoms with Crippen LogP contribution in [0, 0.1) is 0 Å². The predicted octanol–water partition coefficient (Wildman–Crippen LogP) is 5.52. The van der Waals surface area contributed by atoms with Crippen LogP contribution in [0.3, 0.4) is 0 Å². The average Bonchev–Trinajstić information content (AvgIpc) is 3.02. The predicted molar refractivity (Wildman–Crippen MR) is 112 cm³/mol. The van der Waals surface area contributed by atoms with E-state index >= 15 is 0 Å². The van der Waals surface area contributed by atoms with Crippen LogP contribution in [-0.2, 0) is 11.2 Å². The smallest absolute Gasteiger partial charge is 0.340 e. The third-order valence-electron chi connectivity index (χ3n) is 4.08. The molecular formula is C19H32N2O2S2. The van der Waals surface area contributed by atoms with Gasteiger partial charge in [0.25, 0.3) is 0 Å². The molecule has 0 aromatic carbocycles. The van der Waals surface area contributed by atoms with Gasteiger partial charge in [-0.3, -0.25) is 0 Å². The highest BCUT2D eigenvalue weighted by atomic mass is 32.1. The van der Waals surface area contributed by atoms with Crippen LogP contribution in [0.25, 0.3) is 0 Å². The number of rotatable bonds is 12. The van der Waals surface area contributed by atoms with E-state index in [-0.39, 0.29) is 5.97 Å². The van der Waals surface area contributed by atoms with Crippen molar-refractivity contribution in [3.63, 3.8) is 0 Å². The molecule has 0 saturated heterocycles. The molecule has 1 rings (SSSR count). The number of carbonyl (C=O) groups is 1. The summed E-state index contributed by atoms with van der Waals surface area (Å²) in [6.45, 7) is 5.17. The Kier molecular flexibility index (Phi) is 11.5. The first-order valence-electron chi connectivity index (χ1n) is 9.38. The molecule has 1 heterocycles. The number of aryl methyl sites for hydroxylation is 1. The van der Waals surface area contributed by atoms with Crippen LogP contribution in [0.1, 0.15) is 80.4 Å². The lowest BCUT2D eigenvalue weighted by molar-refractivity contribution is 0.0602. The number of esters is 1. The molecule has 0 fully saturated rings. The van der Waals surface area contributed by atoms with Crippen molar-refractivity contribution in [1.82, 2.24) is 5.32 Å². The SMILES string of the molecule is CCCCCCCCCCNC(=S)Nc1sc(CC)cc1C(=O)OC. The summed E-state index contributed by atoms with van der Waals surface area (Å²) in [5.41, 5.74) is 0.556. The molecule has 25 heavy (non-hydrogen) atoms. The number of nitrogens with one attached hydrogen (secondary N) is 2. The summed E-state index contributed by atoms with van der Waals surface area (Å²) in [6, 6.07) is 1.87. The average molecular weight is 385 g/mol. The van der Waals surface area contributed by atoms with Crippen molar-refractivity contribution in [2.45, 2.75) is 71.6 Å². The minimum Gasteiger partial charge on any atom is -0.465 e.